The first-order chi connectivity index (χ1) is 12.6. The van der Waals surface area contributed by atoms with Crippen LogP contribution in [0.5, 0.6) is 5.75 Å². The molecule has 0 aliphatic heterocycles. The van der Waals surface area contributed by atoms with Gasteiger partial charge in [0.1, 0.15) is 17.2 Å². The van der Waals surface area contributed by atoms with Gasteiger partial charge < -0.3 is 14.8 Å². The number of hydrogen-bond donors (Lipinski definition) is 2. The number of carbonyl (C=O) groups is 1. The zero-order chi connectivity index (χ0) is 18.1. The lowest BCUT2D eigenvalue weighted by molar-refractivity contribution is 0.102. The molecule has 0 bridgehead atoms. The van der Waals surface area contributed by atoms with Crippen molar-refractivity contribution in [1.82, 2.24) is 4.98 Å². The van der Waals surface area contributed by atoms with E-state index >= 15 is 0 Å². The van der Waals surface area contributed by atoms with Gasteiger partial charge >= 0.3 is 0 Å². The number of phenols is 1. The standard InChI is InChI=1S/C21H16N2O3/c1-13-6-11-20(26-13)19-12-17(16-4-2-3-5-18(16)23-19)21(25)22-14-7-9-15(24)10-8-14/h2-12,24H,1H3,(H,22,25). The number of pyridine rings is 1. The normalized spacial score (nSPS) is 10.8. The highest BCUT2D eigenvalue weighted by atomic mass is 16.3. The van der Waals surface area contributed by atoms with E-state index in [0.717, 1.165) is 16.7 Å². The molecule has 0 fully saturated rings. The Labute approximate surface area is 149 Å². The van der Waals surface area contributed by atoms with Crippen LogP contribution in [0.2, 0.25) is 0 Å². The van der Waals surface area contributed by atoms with Gasteiger partial charge in [-0.2, -0.15) is 0 Å². The van der Waals surface area contributed by atoms with E-state index in [0.29, 0.717) is 22.7 Å². The average molecular weight is 344 g/mol. The molecule has 5 heteroatoms. The van der Waals surface area contributed by atoms with Crippen molar-refractivity contribution in [3.63, 3.8) is 0 Å². The zero-order valence-electron chi connectivity index (χ0n) is 14.1. The van der Waals surface area contributed by atoms with Gasteiger partial charge in [-0.1, -0.05) is 18.2 Å². The number of furan rings is 1. The fourth-order valence-electron chi connectivity index (χ4n) is 2.80. The summed E-state index contributed by atoms with van der Waals surface area (Å²) in [5.41, 5.74) is 2.43. The number of fused-ring (bicyclic) bond motifs is 1. The lowest BCUT2D eigenvalue weighted by Crippen LogP contribution is -2.13. The van der Waals surface area contributed by atoms with Crippen LogP contribution in [0.4, 0.5) is 5.69 Å². The van der Waals surface area contributed by atoms with E-state index in [4.69, 9.17) is 4.42 Å². The highest BCUT2D eigenvalue weighted by Gasteiger charge is 2.15. The Morgan fingerprint density at radius 2 is 1.81 bits per heavy atom. The maximum absolute atomic E-state index is 12.9. The molecular weight excluding hydrogens is 328 g/mol. The number of aromatic nitrogens is 1. The molecule has 2 aromatic carbocycles. The van der Waals surface area contributed by atoms with E-state index in [1.807, 2.05) is 43.3 Å². The summed E-state index contributed by atoms with van der Waals surface area (Å²) in [6.07, 6.45) is 0. The number of hydrogen-bond acceptors (Lipinski definition) is 4. The highest BCUT2D eigenvalue weighted by molar-refractivity contribution is 6.13. The van der Waals surface area contributed by atoms with Gasteiger partial charge in [0.05, 0.1) is 11.1 Å². The third kappa shape index (κ3) is 3.02. The molecule has 26 heavy (non-hydrogen) atoms. The number of rotatable bonds is 3. The predicted molar refractivity (Wildman–Crippen MR) is 100 cm³/mol. The molecule has 0 radical (unpaired) electrons. The van der Waals surface area contributed by atoms with Gasteiger partial charge in [-0.05, 0) is 55.5 Å². The highest BCUT2D eigenvalue weighted by Crippen LogP contribution is 2.27. The largest absolute Gasteiger partial charge is 0.508 e. The van der Waals surface area contributed by atoms with Crippen LogP contribution in [0, 0.1) is 6.92 Å². The Morgan fingerprint density at radius 1 is 1.04 bits per heavy atom. The van der Waals surface area contributed by atoms with E-state index in [2.05, 4.69) is 10.3 Å². The SMILES string of the molecule is Cc1ccc(-c2cc(C(=O)Nc3ccc(O)cc3)c3ccccc3n2)o1. The number of amides is 1. The minimum atomic E-state index is -0.251. The molecule has 0 saturated heterocycles. The van der Waals surface area contributed by atoms with Crippen LogP contribution in [-0.4, -0.2) is 16.0 Å². The summed E-state index contributed by atoms with van der Waals surface area (Å²) in [5, 5.41) is 13.0. The average Bonchev–Trinajstić information content (AvgIpc) is 3.09. The van der Waals surface area contributed by atoms with E-state index in [1.165, 1.54) is 12.1 Å². The third-order valence-electron chi connectivity index (χ3n) is 4.08. The van der Waals surface area contributed by atoms with Gasteiger partial charge in [-0.15, -0.1) is 0 Å². The summed E-state index contributed by atoms with van der Waals surface area (Å²) >= 11 is 0. The van der Waals surface area contributed by atoms with E-state index in [1.54, 1.807) is 18.2 Å². The van der Waals surface area contributed by atoms with Crippen molar-refractivity contribution in [3.8, 4) is 17.2 Å². The van der Waals surface area contributed by atoms with Crippen LogP contribution >= 0.6 is 0 Å². The van der Waals surface area contributed by atoms with Crippen LogP contribution in [-0.2, 0) is 0 Å². The molecule has 128 valence electrons. The van der Waals surface area contributed by atoms with Crippen molar-refractivity contribution >= 4 is 22.5 Å². The molecule has 0 aliphatic rings. The summed E-state index contributed by atoms with van der Waals surface area (Å²) in [6.45, 7) is 1.86. The van der Waals surface area contributed by atoms with Gasteiger partial charge in [0, 0.05) is 11.1 Å². The summed E-state index contributed by atoms with van der Waals surface area (Å²) in [4.78, 5) is 17.5. The van der Waals surface area contributed by atoms with Crippen LogP contribution in [0.1, 0.15) is 16.1 Å². The minimum absolute atomic E-state index is 0.146. The molecule has 4 rings (SSSR count). The van der Waals surface area contributed by atoms with Gasteiger partial charge in [0.2, 0.25) is 0 Å². The summed E-state index contributed by atoms with van der Waals surface area (Å²) in [6, 6.07) is 19.3. The fraction of sp³-hybridized carbons (Fsp3) is 0.0476. The molecule has 0 unspecified atom stereocenters. The molecule has 0 saturated carbocycles. The molecular formula is C21H16N2O3. The van der Waals surface area contributed by atoms with Crippen LogP contribution in [0.3, 0.4) is 0 Å². The van der Waals surface area contributed by atoms with Gasteiger partial charge in [0.15, 0.2) is 5.76 Å². The first kappa shape index (κ1) is 15.9. The molecule has 0 aliphatic carbocycles. The van der Waals surface area contributed by atoms with Crippen LogP contribution < -0.4 is 5.32 Å². The number of carbonyl (C=O) groups excluding carboxylic acids is 1. The van der Waals surface area contributed by atoms with Crippen LogP contribution in [0.15, 0.2) is 71.1 Å². The summed E-state index contributed by atoms with van der Waals surface area (Å²) < 4.78 is 5.66. The summed E-state index contributed by atoms with van der Waals surface area (Å²) in [7, 11) is 0. The Bertz CT molecular complexity index is 1100. The number of benzene rings is 2. The van der Waals surface area contributed by atoms with Crippen molar-refractivity contribution in [3.05, 3.63) is 78.1 Å². The lowest BCUT2D eigenvalue weighted by atomic mass is 10.1. The van der Waals surface area contributed by atoms with E-state index in [-0.39, 0.29) is 11.7 Å². The molecule has 2 aromatic heterocycles. The van der Waals surface area contributed by atoms with Gasteiger partial charge in [-0.25, -0.2) is 4.98 Å². The second-order valence-electron chi connectivity index (χ2n) is 5.98. The smallest absolute Gasteiger partial charge is 0.256 e. The fourth-order valence-corrected chi connectivity index (χ4v) is 2.80. The van der Waals surface area contributed by atoms with Gasteiger partial charge in [-0.3, -0.25) is 4.79 Å². The number of nitrogens with zero attached hydrogens (tertiary/aromatic N) is 1. The third-order valence-corrected chi connectivity index (χ3v) is 4.08. The van der Waals surface area contributed by atoms with Crippen molar-refractivity contribution in [2.75, 3.05) is 5.32 Å². The maximum Gasteiger partial charge on any atom is 0.256 e. The lowest BCUT2D eigenvalue weighted by Gasteiger charge is -2.10. The first-order valence-electron chi connectivity index (χ1n) is 8.17. The number of nitrogens with one attached hydrogen (secondary N) is 1. The molecule has 5 nitrogen and oxygen atoms in total. The van der Waals surface area contributed by atoms with Crippen molar-refractivity contribution in [1.29, 1.82) is 0 Å². The molecule has 2 heterocycles. The molecule has 2 N–H and O–H groups in total. The molecule has 4 aromatic rings. The van der Waals surface area contributed by atoms with Crippen molar-refractivity contribution < 1.29 is 14.3 Å². The first-order valence-corrected chi connectivity index (χ1v) is 8.17. The van der Waals surface area contributed by atoms with Gasteiger partial charge in [0.25, 0.3) is 5.91 Å². The monoisotopic (exact) mass is 344 g/mol. The molecule has 1 amide bonds. The Morgan fingerprint density at radius 3 is 2.54 bits per heavy atom. The molecule has 0 spiro atoms. The number of phenolic OH excluding ortho intramolecular Hbond substituents is 1. The number of anilines is 1. The Hall–Kier alpha value is -3.60. The maximum atomic E-state index is 12.9. The predicted octanol–water partition coefficient (Wildman–Crippen LogP) is 4.76. The van der Waals surface area contributed by atoms with Crippen molar-refractivity contribution in [2.45, 2.75) is 6.92 Å². The second kappa shape index (κ2) is 6.37. The van der Waals surface area contributed by atoms with E-state index in [9.17, 15) is 9.90 Å². The topological polar surface area (TPSA) is 75.4 Å². The van der Waals surface area contributed by atoms with E-state index < -0.39 is 0 Å². The summed E-state index contributed by atoms with van der Waals surface area (Å²) in [5.74, 6) is 1.30. The number of aromatic hydroxyl groups is 1. The Kier molecular flexibility index (Phi) is 3.89. The quantitative estimate of drug-likeness (QED) is 0.525. The van der Waals surface area contributed by atoms with Crippen molar-refractivity contribution in [2.24, 2.45) is 0 Å². The zero-order valence-corrected chi connectivity index (χ0v) is 14.1. The minimum Gasteiger partial charge on any atom is -0.508 e. The molecule has 0 atom stereocenters. The number of aryl methyl sites for hydroxylation is 1. The number of para-hydroxylation sites is 1. The van der Waals surface area contributed by atoms with Crippen LogP contribution in [0.25, 0.3) is 22.4 Å². The second-order valence-corrected chi connectivity index (χ2v) is 5.98. The Balaban J connectivity index is 1.79.